The van der Waals surface area contributed by atoms with E-state index in [-0.39, 0.29) is 6.42 Å². The zero-order valence-corrected chi connectivity index (χ0v) is 17.7. The average Bonchev–Trinajstić information content (AvgIpc) is 2.68. The minimum Gasteiger partial charge on any atom is -0.463 e. The maximum absolute atomic E-state index is 13.0. The topological polar surface area (TPSA) is 94.5 Å². The Balaban J connectivity index is 2.30. The van der Waals surface area contributed by atoms with Gasteiger partial charge in [0.25, 0.3) is 5.56 Å². The van der Waals surface area contributed by atoms with Crippen LogP contribution in [0.5, 0.6) is 0 Å². The highest BCUT2D eigenvalue weighted by Gasteiger charge is 2.29. The van der Waals surface area contributed by atoms with Crippen LogP contribution in [0.25, 0.3) is 10.8 Å². The number of nitrogens with one attached hydrogen (secondary N) is 1. The van der Waals surface area contributed by atoms with Crippen LogP contribution in [0.1, 0.15) is 39.7 Å². The van der Waals surface area contributed by atoms with Gasteiger partial charge in [-0.25, -0.2) is 4.39 Å². The van der Waals surface area contributed by atoms with Crippen molar-refractivity contribution in [3.8, 4) is 0 Å². The van der Waals surface area contributed by atoms with E-state index in [0.29, 0.717) is 15.8 Å². The molecule has 9 heteroatoms. The number of amides is 1. The van der Waals surface area contributed by atoms with Gasteiger partial charge in [0.05, 0.1) is 12.5 Å². The number of ketones is 1. The van der Waals surface area contributed by atoms with Gasteiger partial charge in [0, 0.05) is 16.6 Å². The van der Waals surface area contributed by atoms with Crippen LogP contribution in [0, 0.1) is 0 Å². The molecule has 2 rings (SSSR count). The highest BCUT2D eigenvalue weighted by Crippen LogP contribution is 2.18. The van der Waals surface area contributed by atoms with Crippen LogP contribution in [0.3, 0.4) is 0 Å². The molecule has 1 aromatic carbocycles. The van der Waals surface area contributed by atoms with E-state index in [1.807, 2.05) is 0 Å². The molecule has 1 amide bonds. The van der Waals surface area contributed by atoms with E-state index in [2.05, 4.69) is 5.32 Å². The van der Waals surface area contributed by atoms with Crippen LogP contribution in [0.2, 0.25) is 5.02 Å². The number of rotatable bonds is 9. The number of pyridine rings is 1. The standard InChI is InChI=1S/C21H24ClFN2O5/c1-4-17(25-8-7-13-5-6-14(22)9-15(13)21(25)29)20(28)24-16(18(26)11-23)10-19(27)30-12(2)3/h5-9,12,16-17H,4,10-11H2,1-3H3,(H,24,28)/t16?,17-/m0/s1. The largest absolute Gasteiger partial charge is 0.463 e. The lowest BCUT2D eigenvalue weighted by Gasteiger charge is -2.22. The number of Topliss-reactive ketones (excluding diaryl/α,β-unsaturated/α-hetero) is 1. The Morgan fingerprint density at radius 3 is 2.53 bits per heavy atom. The number of fused-ring (bicyclic) bond motifs is 1. The van der Waals surface area contributed by atoms with Crippen molar-refractivity contribution < 1.29 is 23.5 Å². The zero-order valence-electron chi connectivity index (χ0n) is 17.0. The molecule has 0 aliphatic heterocycles. The van der Waals surface area contributed by atoms with Gasteiger partial charge in [-0.15, -0.1) is 0 Å². The van der Waals surface area contributed by atoms with Crippen molar-refractivity contribution in [3.63, 3.8) is 0 Å². The van der Waals surface area contributed by atoms with E-state index in [9.17, 15) is 23.6 Å². The molecule has 0 aliphatic rings. The Labute approximate surface area is 178 Å². The van der Waals surface area contributed by atoms with Crippen molar-refractivity contribution >= 4 is 40.0 Å². The molecule has 0 saturated carbocycles. The van der Waals surface area contributed by atoms with Gasteiger partial charge in [-0.3, -0.25) is 19.2 Å². The quantitative estimate of drug-likeness (QED) is 0.607. The number of carbonyl (C=O) groups is 3. The molecule has 7 nitrogen and oxygen atoms in total. The molecule has 30 heavy (non-hydrogen) atoms. The first kappa shape index (κ1) is 23.5. The second-order valence-corrected chi connectivity index (χ2v) is 7.52. The predicted octanol–water partition coefficient (Wildman–Crippen LogP) is 2.97. The Hall–Kier alpha value is -2.74. The summed E-state index contributed by atoms with van der Waals surface area (Å²) >= 11 is 5.98. The van der Waals surface area contributed by atoms with E-state index in [4.69, 9.17) is 16.3 Å². The number of carbonyl (C=O) groups excluding carboxylic acids is 3. The number of hydrogen-bond acceptors (Lipinski definition) is 5. The van der Waals surface area contributed by atoms with Crippen molar-refractivity contribution in [1.82, 2.24) is 9.88 Å². The molecule has 162 valence electrons. The van der Waals surface area contributed by atoms with Crippen LogP contribution in [0.4, 0.5) is 4.39 Å². The van der Waals surface area contributed by atoms with Gasteiger partial charge in [0.15, 0.2) is 5.78 Å². The summed E-state index contributed by atoms with van der Waals surface area (Å²) in [4.78, 5) is 49.5. The summed E-state index contributed by atoms with van der Waals surface area (Å²) in [6.45, 7) is 3.62. The lowest BCUT2D eigenvalue weighted by atomic mass is 10.1. The number of nitrogens with zero attached hydrogens (tertiary/aromatic N) is 1. The van der Waals surface area contributed by atoms with Gasteiger partial charge < -0.3 is 14.6 Å². The molecule has 0 bridgehead atoms. The third-order valence-electron chi connectivity index (χ3n) is 4.49. The number of alkyl halides is 1. The summed E-state index contributed by atoms with van der Waals surface area (Å²) in [6, 6.07) is 4.19. The number of halogens is 2. The predicted molar refractivity (Wildman–Crippen MR) is 111 cm³/mol. The van der Waals surface area contributed by atoms with Gasteiger partial charge in [0.2, 0.25) is 5.91 Å². The molecule has 2 atom stereocenters. The summed E-state index contributed by atoms with van der Waals surface area (Å²) in [6.07, 6.45) is 0.794. The third kappa shape index (κ3) is 5.66. The van der Waals surface area contributed by atoms with E-state index in [0.717, 1.165) is 0 Å². The molecule has 0 aliphatic carbocycles. The van der Waals surface area contributed by atoms with Crippen molar-refractivity contribution in [2.24, 2.45) is 0 Å². The van der Waals surface area contributed by atoms with E-state index in [1.54, 1.807) is 39.0 Å². The minimum atomic E-state index is -1.38. The molecule has 0 saturated heterocycles. The SMILES string of the molecule is CC[C@@H](C(=O)NC(CC(=O)OC(C)C)C(=O)CF)n1ccc2ccc(Cl)cc2c1=O. The molecule has 2 aromatic rings. The summed E-state index contributed by atoms with van der Waals surface area (Å²) < 4.78 is 19.2. The summed E-state index contributed by atoms with van der Waals surface area (Å²) in [5.74, 6) is -2.36. The second kappa shape index (κ2) is 10.3. The Morgan fingerprint density at radius 2 is 1.93 bits per heavy atom. The molecule has 1 heterocycles. The number of esters is 1. The van der Waals surface area contributed by atoms with Crippen LogP contribution in [-0.2, 0) is 19.1 Å². The monoisotopic (exact) mass is 438 g/mol. The maximum Gasteiger partial charge on any atom is 0.308 e. The van der Waals surface area contributed by atoms with E-state index < -0.39 is 54.5 Å². The van der Waals surface area contributed by atoms with Crippen molar-refractivity contribution in [2.75, 3.05) is 6.67 Å². The second-order valence-electron chi connectivity index (χ2n) is 7.09. The Kier molecular flexibility index (Phi) is 8.11. The lowest BCUT2D eigenvalue weighted by Crippen LogP contribution is -2.47. The van der Waals surface area contributed by atoms with Crippen LogP contribution in [-0.4, -0.2) is 41.0 Å². The number of benzene rings is 1. The van der Waals surface area contributed by atoms with Gasteiger partial charge >= 0.3 is 5.97 Å². The number of hydrogen-bond donors (Lipinski definition) is 1. The molecule has 0 radical (unpaired) electrons. The van der Waals surface area contributed by atoms with Gasteiger partial charge in [-0.1, -0.05) is 24.6 Å². The Morgan fingerprint density at radius 1 is 1.23 bits per heavy atom. The van der Waals surface area contributed by atoms with E-state index >= 15 is 0 Å². The Bertz CT molecular complexity index is 1000. The first-order valence-electron chi connectivity index (χ1n) is 9.56. The van der Waals surface area contributed by atoms with Crippen molar-refractivity contribution in [2.45, 2.75) is 51.8 Å². The van der Waals surface area contributed by atoms with Crippen LogP contribution < -0.4 is 10.9 Å². The molecule has 0 fully saturated rings. The van der Waals surface area contributed by atoms with Crippen LogP contribution >= 0.6 is 11.6 Å². The van der Waals surface area contributed by atoms with Crippen molar-refractivity contribution in [1.29, 1.82) is 0 Å². The molecule has 1 unspecified atom stereocenters. The minimum absolute atomic E-state index is 0.227. The fraction of sp³-hybridized carbons (Fsp3) is 0.429. The smallest absolute Gasteiger partial charge is 0.308 e. The molecular weight excluding hydrogens is 415 g/mol. The van der Waals surface area contributed by atoms with Gasteiger partial charge in [-0.05, 0) is 43.9 Å². The van der Waals surface area contributed by atoms with Gasteiger partial charge in [-0.2, -0.15) is 0 Å². The fourth-order valence-corrected chi connectivity index (χ4v) is 3.24. The average molecular weight is 439 g/mol. The lowest BCUT2D eigenvalue weighted by molar-refractivity contribution is -0.149. The van der Waals surface area contributed by atoms with Gasteiger partial charge in [0.1, 0.15) is 18.8 Å². The molecule has 1 aromatic heterocycles. The maximum atomic E-state index is 13.0. The van der Waals surface area contributed by atoms with E-state index in [1.165, 1.54) is 16.8 Å². The first-order chi connectivity index (χ1) is 14.2. The summed E-state index contributed by atoms with van der Waals surface area (Å²) in [5.41, 5.74) is -0.426. The highest BCUT2D eigenvalue weighted by molar-refractivity contribution is 6.31. The van der Waals surface area contributed by atoms with Crippen LogP contribution in [0.15, 0.2) is 35.3 Å². The molecule has 1 N–H and O–H groups in total. The first-order valence-corrected chi connectivity index (χ1v) is 9.94. The molecular formula is C21H24ClFN2O5. The summed E-state index contributed by atoms with van der Waals surface area (Å²) in [7, 11) is 0. The summed E-state index contributed by atoms with van der Waals surface area (Å²) in [5, 5.41) is 3.78. The number of ether oxygens (including phenoxy) is 1. The zero-order chi connectivity index (χ0) is 22.4. The molecule has 0 spiro atoms. The number of aromatic nitrogens is 1. The third-order valence-corrected chi connectivity index (χ3v) is 4.73. The normalized spacial score (nSPS) is 13.1. The fourth-order valence-electron chi connectivity index (χ4n) is 3.06. The van der Waals surface area contributed by atoms with Crippen molar-refractivity contribution in [3.05, 3.63) is 45.8 Å². The highest BCUT2D eigenvalue weighted by atomic mass is 35.5.